The number of aryl methyl sites for hydroxylation is 2. The zero-order valence-corrected chi connectivity index (χ0v) is 17.9. The second kappa shape index (κ2) is 11.1. The molecule has 1 aromatic carbocycles. The van der Waals surface area contributed by atoms with Crippen molar-refractivity contribution in [1.82, 2.24) is 15.0 Å². The number of benzene rings is 1. The van der Waals surface area contributed by atoms with Crippen LogP contribution in [0.1, 0.15) is 24.1 Å². The summed E-state index contributed by atoms with van der Waals surface area (Å²) in [6.07, 6.45) is 8.16. The third kappa shape index (κ3) is 6.05. The van der Waals surface area contributed by atoms with Crippen molar-refractivity contribution in [2.45, 2.75) is 26.2 Å². The number of primary amides is 1. The molecule has 0 unspecified atom stereocenters. The summed E-state index contributed by atoms with van der Waals surface area (Å²) in [6.45, 7) is 2.65. The van der Waals surface area contributed by atoms with Crippen LogP contribution in [0, 0.1) is 12.7 Å². The molecule has 0 saturated carbocycles. The lowest BCUT2D eigenvalue weighted by atomic mass is 10.0. The molecule has 0 saturated heterocycles. The van der Waals surface area contributed by atoms with Crippen molar-refractivity contribution < 1.29 is 13.9 Å². The third-order valence-electron chi connectivity index (χ3n) is 4.53. The monoisotopic (exact) mass is 438 g/mol. The normalized spacial score (nSPS) is 10.4. The summed E-state index contributed by atoms with van der Waals surface area (Å²) >= 11 is 1.59. The van der Waals surface area contributed by atoms with Gasteiger partial charge in [-0.25, -0.2) is 14.4 Å². The van der Waals surface area contributed by atoms with Crippen LogP contribution in [0.2, 0.25) is 0 Å². The number of carbonyl (C=O) groups is 1. The van der Waals surface area contributed by atoms with E-state index in [1.54, 1.807) is 36.0 Å². The quantitative estimate of drug-likeness (QED) is 0.333. The van der Waals surface area contributed by atoms with Gasteiger partial charge in [0, 0.05) is 22.5 Å². The number of nitrogens with two attached hydrogens (primary N) is 1. The van der Waals surface area contributed by atoms with Gasteiger partial charge < -0.3 is 10.5 Å². The lowest BCUT2D eigenvalue weighted by Gasteiger charge is -2.07. The van der Waals surface area contributed by atoms with Crippen molar-refractivity contribution in [2.24, 2.45) is 5.73 Å². The SMILES string of the molecule is Cc1cncc(OCCCCc2ncnc3scc(-c4ccc(F)cc4)c23)c1.NC=O. The van der Waals surface area contributed by atoms with Gasteiger partial charge in [-0.1, -0.05) is 12.1 Å². The van der Waals surface area contributed by atoms with Crippen molar-refractivity contribution in [2.75, 3.05) is 6.61 Å². The molecular formula is C23H23FN4O2S. The van der Waals surface area contributed by atoms with Gasteiger partial charge in [0.25, 0.3) is 0 Å². The molecule has 0 radical (unpaired) electrons. The molecule has 31 heavy (non-hydrogen) atoms. The molecule has 3 aromatic heterocycles. The van der Waals surface area contributed by atoms with Crippen LogP contribution >= 0.6 is 11.3 Å². The zero-order chi connectivity index (χ0) is 22.1. The van der Waals surface area contributed by atoms with Gasteiger partial charge in [0.1, 0.15) is 22.7 Å². The Morgan fingerprint density at radius 3 is 2.68 bits per heavy atom. The maximum Gasteiger partial charge on any atom is 0.204 e. The molecule has 1 amide bonds. The number of carbonyl (C=O) groups excluding carboxylic acids is 1. The first kappa shape index (κ1) is 22.3. The average Bonchev–Trinajstić information content (AvgIpc) is 3.20. The second-order valence-electron chi connectivity index (χ2n) is 6.80. The topological polar surface area (TPSA) is 91.0 Å². The number of unbranched alkanes of at least 4 members (excludes halogenated alkanes) is 1. The first-order valence-corrected chi connectivity index (χ1v) is 10.7. The molecule has 6 nitrogen and oxygen atoms in total. The first-order valence-electron chi connectivity index (χ1n) is 9.79. The lowest BCUT2D eigenvalue weighted by molar-refractivity contribution is -0.106. The van der Waals surface area contributed by atoms with Gasteiger partial charge in [0.2, 0.25) is 6.41 Å². The highest BCUT2D eigenvalue weighted by Crippen LogP contribution is 2.34. The molecule has 3 heterocycles. The molecule has 2 N–H and O–H groups in total. The molecule has 0 aliphatic rings. The summed E-state index contributed by atoms with van der Waals surface area (Å²) < 4.78 is 19.0. The molecule has 8 heteroatoms. The van der Waals surface area contributed by atoms with E-state index in [0.717, 1.165) is 57.6 Å². The number of fused-ring (bicyclic) bond motifs is 1. The van der Waals surface area contributed by atoms with Crippen LogP contribution in [-0.4, -0.2) is 28.0 Å². The standard InChI is InChI=1S/C22H20FN3OS.CH3NO/c1-15-10-18(12-24-11-15)27-9-3-2-4-20-21-19(13-28-22(21)26-14-25-20)16-5-7-17(23)8-6-16;2-1-3/h5-8,10-14H,2-4,9H2,1H3;1H,(H2,2,3). The molecule has 0 fully saturated rings. The predicted octanol–water partition coefficient (Wildman–Crippen LogP) is 4.70. The van der Waals surface area contributed by atoms with Gasteiger partial charge in [0.05, 0.1) is 18.5 Å². The Bertz CT molecular complexity index is 1130. The minimum Gasteiger partial charge on any atom is -0.492 e. The number of thiophene rings is 1. The summed E-state index contributed by atoms with van der Waals surface area (Å²) in [6, 6.07) is 8.57. The maximum atomic E-state index is 13.3. The predicted molar refractivity (Wildman–Crippen MR) is 120 cm³/mol. The Kier molecular flexibility index (Phi) is 8.00. The zero-order valence-electron chi connectivity index (χ0n) is 17.1. The third-order valence-corrected chi connectivity index (χ3v) is 5.42. The van der Waals surface area contributed by atoms with E-state index in [2.05, 4.69) is 26.1 Å². The highest BCUT2D eigenvalue weighted by Gasteiger charge is 2.13. The van der Waals surface area contributed by atoms with E-state index in [4.69, 9.17) is 9.53 Å². The Morgan fingerprint density at radius 1 is 1.16 bits per heavy atom. The molecule has 0 aliphatic heterocycles. The molecule has 0 spiro atoms. The van der Waals surface area contributed by atoms with Crippen molar-refractivity contribution in [3.05, 3.63) is 71.5 Å². The fraction of sp³-hybridized carbons (Fsp3) is 0.217. The second-order valence-corrected chi connectivity index (χ2v) is 7.65. The molecular weight excluding hydrogens is 415 g/mol. The fourth-order valence-electron chi connectivity index (χ4n) is 3.16. The minimum absolute atomic E-state index is 0.233. The number of hydrogen-bond acceptors (Lipinski definition) is 6. The number of halogens is 1. The Hall–Kier alpha value is -3.39. The molecule has 0 aliphatic carbocycles. The molecule has 0 bridgehead atoms. The van der Waals surface area contributed by atoms with Crippen LogP contribution in [0.4, 0.5) is 4.39 Å². The molecule has 160 valence electrons. The van der Waals surface area contributed by atoms with Gasteiger partial charge in [-0.05, 0) is 55.5 Å². The lowest BCUT2D eigenvalue weighted by Crippen LogP contribution is -2.00. The number of hydrogen-bond donors (Lipinski definition) is 1. The van der Waals surface area contributed by atoms with Gasteiger partial charge in [-0.2, -0.15) is 0 Å². The number of amides is 1. The van der Waals surface area contributed by atoms with Gasteiger partial charge >= 0.3 is 0 Å². The smallest absolute Gasteiger partial charge is 0.204 e. The van der Waals surface area contributed by atoms with Crippen LogP contribution in [0.5, 0.6) is 5.75 Å². The van der Waals surface area contributed by atoms with Crippen molar-refractivity contribution in [3.63, 3.8) is 0 Å². The fourth-order valence-corrected chi connectivity index (χ4v) is 4.10. The van der Waals surface area contributed by atoms with Crippen molar-refractivity contribution >= 4 is 28.0 Å². The van der Waals surface area contributed by atoms with Gasteiger partial charge in [-0.15, -0.1) is 11.3 Å². The van der Waals surface area contributed by atoms with Crippen LogP contribution < -0.4 is 10.5 Å². The minimum atomic E-state index is -0.233. The summed E-state index contributed by atoms with van der Waals surface area (Å²) in [5, 5.41) is 3.15. The van der Waals surface area contributed by atoms with Crippen LogP contribution in [0.3, 0.4) is 0 Å². The summed E-state index contributed by atoms with van der Waals surface area (Å²) in [5.41, 5.74) is 8.34. The average molecular weight is 439 g/mol. The summed E-state index contributed by atoms with van der Waals surface area (Å²) in [7, 11) is 0. The maximum absolute atomic E-state index is 13.3. The van der Waals surface area contributed by atoms with E-state index in [9.17, 15) is 4.39 Å². The number of ether oxygens (including phenoxy) is 1. The highest BCUT2D eigenvalue weighted by molar-refractivity contribution is 7.17. The van der Waals surface area contributed by atoms with E-state index in [1.807, 2.05) is 19.2 Å². The first-order chi connectivity index (χ1) is 15.1. The number of pyridine rings is 1. The van der Waals surface area contributed by atoms with E-state index in [0.29, 0.717) is 6.61 Å². The number of aromatic nitrogens is 3. The van der Waals surface area contributed by atoms with Crippen LogP contribution in [0.25, 0.3) is 21.3 Å². The molecule has 4 aromatic rings. The van der Waals surface area contributed by atoms with E-state index in [1.165, 1.54) is 12.1 Å². The molecule has 4 rings (SSSR count). The summed E-state index contributed by atoms with van der Waals surface area (Å²) in [4.78, 5) is 22.6. The number of nitrogens with zero attached hydrogens (tertiary/aromatic N) is 3. The Labute approximate surface area is 184 Å². The van der Waals surface area contributed by atoms with Crippen LogP contribution in [0.15, 0.2) is 54.4 Å². The van der Waals surface area contributed by atoms with E-state index < -0.39 is 0 Å². The summed E-state index contributed by atoms with van der Waals surface area (Å²) in [5.74, 6) is 0.574. The number of rotatable bonds is 7. The van der Waals surface area contributed by atoms with Gasteiger partial charge in [0.15, 0.2) is 0 Å². The van der Waals surface area contributed by atoms with Crippen LogP contribution in [-0.2, 0) is 11.2 Å². The van der Waals surface area contributed by atoms with Crippen molar-refractivity contribution in [3.8, 4) is 16.9 Å². The Morgan fingerprint density at radius 2 is 1.94 bits per heavy atom. The van der Waals surface area contributed by atoms with Crippen molar-refractivity contribution in [1.29, 1.82) is 0 Å². The largest absolute Gasteiger partial charge is 0.492 e. The van der Waals surface area contributed by atoms with E-state index in [-0.39, 0.29) is 12.2 Å². The van der Waals surface area contributed by atoms with Gasteiger partial charge in [-0.3, -0.25) is 9.78 Å². The molecule has 0 atom stereocenters. The highest BCUT2D eigenvalue weighted by atomic mass is 32.1. The Balaban J connectivity index is 0.000000858. The van der Waals surface area contributed by atoms with E-state index >= 15 is 0 Å².